The van der Waals surface area contributed by atoms with Crippen molar-refractivity contribution in [2.24, 2.45) is 16.3 Å². The summed E-state index contributed by atoms with van der Waals surface area (Å²) in [6.45, 7) is 1.99. The summed E-state index contributed by atoms with van der Waals surface area (Å²) in [5.74, 6) is -1.92. The zero-order chi connectivity index (χ0) is 28.8. The second-order valence-corrected chi connectivity index (χ2v) is 14.3. The molecule has 3 aliphatic rings. The summed E-state index contributed by atoms with van der Waals surface area (Å²) in [5, 5.41) is 14.3. The maximum Gasteiger partial charge on any atom is 0.338 e. The molecule has 1 atom stereocenters. The maximum atomic E-state index is 14.6. The van der Waals surface area contributed by atoms with Crippen molar-refractivity contribution < 1.29 is 32.2 Å². The summed E-state index contributed by atoms with van der Waals surface area (Å²) in [7, 11) is -2.40. The van der Waals surface area contributed by atoms with E-state index in [9.17, 15) is 27.5 Å². The highest BCUT2D eigenvalue weighted by Crippen LogP contribution is 2.46. The lowest BCUT2D eigenvalue weighted by molar-refractivity contribution is -0.152. The molecule has 1 saturated heterocycles. The Balaban J connectivity index is 1.46. The molecule has 0 radical (unpaired) electrons. The van der Waals surface area contributed by atoms with Crippen LogP contribution in [0.4, 0.5) is 4.39 Å². The highest BCUT2D eigenvalue weighted by molar-refractivity contribution is 9.10. The fourth-order valence-electron chi connectivity index (χ4n) is 5.57. The molecule has 0 spiro atoms. The standard InChI is InChI=1S/C26H28BrFN4O6S2/c1-26(25(34)35)12-15(13-26)40(36,37)32-9-6-14(7-10-32)20-18(24(33)38-2)21(16-4-3-5-17(28)19(16)27)31-22(30-20)23-29-8-11-39-23/h3-5,8,11,14-15,21H,6-7,9-10,12-13H2,1-2H3,(H,30,31)(H,34,35)/t15?,21-,26?/m1/s1. The molecular weight excluding hydrogens is 627 g/mol. The molecule has 214 valence electrons. The first-order chi connectivity index (χ1) is 19.0. The Morgan fingerprint density at radius 3 is 2.58 bits per heavy atom. The number of methoxy groups -OCH3 is 1. The molecule has 2 aliphatic heterocycles. The lowest BCUT2D eigenvalue weighted by Crippen LogP contribution is -2.54. The molecule has 1 aliphatic carbocycles. The second kappa shape index (κ2) is 11.0. The number of halogens is 2. The monoisotopic (exact) mass is 654 g/mol. The van der Waals surface area contributed by atoms with Gasteiger partial charge in [-0.3, -0.25) is 9.79 Å². The normalized spacial score (nSPS) is 26.1. The zero-order valence-electron chi connectivity index (χ0n) is 21.8. The molecule has 5 rings (SSSR count). The number of ether oxygens (including phenoxy) is 1. The lowest BCUT2D eigenvalue weighted by Gasteiger charge is -2.44. The number of nitrogens with one attached hydrogen (secondary N) is 1. The second-order valence-electron chi connectivity index (χ2n) is 10.4. The number of hydrogen-bond acceptors (Lipinski definition) is 9. The largest absolute Gasteiger partial charge is 0.481 e. The summed E-state index contributed by atoms with van der Waals surface area (Å²) in [5.41, 5.74) is 0.201. The van der Waals surface area contributed by atoms with E-state index >= 15 is 0 Å². The van der Waals surface area contributed by atoms with E-state index in [4.69, 9.17) is 9.73 Å². The first-order valence-electron chi connectivity index (χ1n) is 12.7. The van der Waals surface area contributed by atoms with Crippen LogP contribution < -0.4 is 5.32 Å². The van der Waals surface area contributed by atoms with Crippen molar-refractivity contribution in [1.29, 1.82) is 0 Å². The first kappa shape index (κ1) is 28.8. The number of allylic oxidation sites excluding steroid dienone is 1. The van der Waals surface area contributed by atoms with Crippen molar-refractivity contribution in [3.63, 3.8) is 0 Å². The minimum atomic E-state index is -3.67. The molecule has 14 heteroatoms. The Hall–Kier alpha value is -2.68. The van der Waals surface area contributed by atoms with Crippen LogP contribution in [0.15, 0.2) is 50.5 Å². The summed E-state index contributed by atoms with van der Waals surface area (Å²) >= 11 is 4.67. The van der Waals surface area contributed by atoms with Gasteiger partial charge in [-0.15, -0.1) is 11.3 Å². The van der Waals surface area contributed by atoms with Gasteiger partial charge in [0.15, 0.2) is 10.8 Å². The molecule has 0 amide bonds. The van der Waals surface area contributed by atoms with Gasteiger partial charge < -0.3 is 15.2 Å². The molecule has 1 aromatic carbocycles. The van der Waals surface area contributed by atoms with E-state index < -0.39 is 44.5 Å². The van der Waals surface area contributed by atoms with Gasteiger partial charge in [-0.05, 0) is 60.2 Å². The van der Waals surface area contributed by atoms with E-state index in [2.05, 4.69) is 26.2 Å². The number of aromatic nitrogens is 1. The summed E-state index contributed by atoms with van der Waals surface area (Å²) < 4.78 is 47.8. The van der Waals surface area contributed by atoms with Crippen molar-refractivity contribution in [2.75, 3.05) is 20.2 Å². The van der Waals surface area contributed by atoms with E-state index in [-0.39, 0.29) is 41.9 Å². The molecular formula is C26H28BrFN4O6S2. The van der Waals surface area contributed by atoms with Gasteiger partial charge in [0, 0.05) is 36.3 Å². The van der Waals surface area contributed by atoms with Gasteiger partial charge in [-0.1, -0.05) is 12.1 Å². The van der Waals surface area contributed by atoms with Gasteiger partial charge in [0.2, 0.25) is 10.0 Å². The molecule has 2 fully saturated rings. The smallest absolute Gasteiger partial charge is 0.338 e. The number of carbonyl (C=O) groups excluding carboxylic acids is 1. The fourth-order valence-corrected chi connectivity index (χ4v) is 8.93. The van der Waals surface area contributed by atoms with Gasteiger partial charge in [0.25, 0.3) is 0 Å². The van der Waals surface area contributed by atoms with E-state index in [1.807, 2.05) is 0 Å². The quantitative estimate of drug-likeness (QED) is 0.429. The molecule has 0 unspecified atom stereocenters. The predicted molar refractivity (Wildman–Crippen MR) is 150 cm³/mol. The molecule has 40 heavy (non-hydrogen) atoms. The number of rotatable bonds is 7. The Kier molecular flexibility index (Phi) is 7.89. The molecule has 3 heterocycles. The number of amidine groups is 1. The van der Waals surface area contributed by atoms with Crippen LogP contribution in [-0.2, 0) is 24.3 Å². The SMILES string of the molecule is COC(=O)C1=C(C2CCN(S(=O)(=O)C3CC(C)(C(=O)O)C3)CC2)NC(c2nccs2)=N[C@@H]1c1cccc(F)c1Br. The first-order valence-corrected chi connectivity index (χ1v) is 15.9. The Labute approximate surface area is 243 Å². The number of piperidine rings is 1. The van der Waals surface area contributed by atoms with Crippen molar-refractivity contribution in [3.8, 4) is 0 Å². The van der Waals surface area contributed by atoms with Crippen molar-refractivity contribution in [1.82, 2.24) is 14.6 Å². The summed E-state index contributed by atoms with van der Waals surface area (Å²) in [6, 6.07) is 3.65. The van der Waals surface area contributed by atoms with Crippen LogP contribution in [-0.4, -0.2) is 66.0 Å². The van der Waals surface area contributed by atoms with Gasteiger partial charge in [-0.25, -0.2) is 26.9 Å². The average molecular weight is 656 g/mol. The molecule has 1 saturated carbocycles. The number of esters is 1. The highest BCUT2D eigenvalue weighted by Gasteiger charge is 2.53. The molecule has 0 bridgehead atoms. The molecule has 1 aromatic heterocycles. The number of aliphatic carboxylic acids is 1. The van der Waals surface area contributed by atoms with Crippen LogP contribution in [0.2, 0.25) is 0 Å². The van der Waals surface area contributed by atoms with E-state index in [0.717, 1.165) is 0 Å². The number of benzene rings is 1. The van der Waals surface area contributed by atoms with Crippen LogP contribution in [0.1, 0.15) is 49.2 Å². The third-order valence-corrected chi connectivity index (χ3v) is 11.8. The van der Waals surface area contributed by atoms with Gasteiger partial charge in [0.1, 0.15) is 11.9 Å². The Morgan fingerprint density at radius 2 is 1.98 bits per heavy atom. The number of aliphatic imine (C=N–C) groups is 1. The highest BCUT2D eigenvalue weighted by atomic mass is 79.9. The number of thiazole rings is 1. The minimum absolute atomic E-state index is 0.0849. The van der Waals surface area contributed by atoms with E-state index in [0.29, 0.717) is 34.9 Å². The number of nitrogens with zero attached hydrogens (tertiary/aromatic N) is 3. The van der Waals surface area contributed by atoms with Crippen LogP contribution in [0, 0.1) is 17.2 Å². The van der Waals surface area contributed by atoms with E-state index in [1.54, 1.807) is 30.6 Å². The molecule has 10 nitrogen and oxygen atoms in total. The number of carbonyl (C=O) groups is 2. The van der Waals surface area contributed by atoms with Crippen LogP contribution >= 0.6 is 27.3 Å². The summed E-state index contributed by atoms with van der Waals surface area (Å²) in [6.07, 6.45) is 2.62. The van der Waals surface area contributed by atoms with Gasteiger partial charge >= 0.3 is 11.9 Å². The zero-order valence-corrected chi connectivity index (χ0v) is 25.0. The van der Waals surface area contributed by atoms with Gasteiger partial charge in [0.05, 0.1) is 27.8 Å². The fraction of sp³-hybridized carbons (Fsp3) is 0.462. The third kappa shape index (κ3) is 5.10. The number of sulfonamides is 1. The number of hydrogen-bond donors (Lipinski definition) is 2. The average Bonchev–Trinajstić information content (AvgIpc) is 3.47. The van der Waals surface area contributed by atoms with Crippen molar-refractivity contribution in [3.05, 3.63) is 61.9 Å². The van der Waals surface area contributed by atoms with Crippen LogP contribution in [0.5, 0.6) is 0 Å². The lowest BCUT2D eigenvalue weighted by atomic mass is 9.70. The third-order valence-electron chi connectivity index (χ3n) is 7.91. The predicted octanol–water partition coefficient (Wildman–Crippen LogP) is 3.86. The van der Waals surface area contributed by atoms with Crippen LogP contribution in [0.3, 0.4) is 0 Å². The number of carboxylic acids is 1. The van der Waals surface area contributed by atoms with E-state index in [1.165, 1.54) is 28.8 Å². The summed E-state index contributed by atoms with van der Waals surface area (Å²) in [4.78, 5) is 33.8. The number of carboxylic acid groups (broad SMARTS) is 1. The minimum Gasteiger partial charge on any atom is -0.481 e. The maximum absolute atomic E-state index is 14.6. The van der Waals surface area contributed by atoms with Gasteiger partial charge in [-0.2, -0.15) is 0 Å². The Bertz CT molecular complexity index is 1500. The molecule has 2 N–H and O–H groups in total. The van der Waals surface area contributed by atoms with Crippen LogP contribution in [0.25, 0.3) is 0 Å². The Morgan fingerprint density at radius 1 is 1.27 bits per heavy atom. The van der Waals surface area contributed by atoms with Crippen molar-refractivity contribution >= 4 is 55.1 Å². The topological polar surface area (TPSA) is 138 Å². The van der Waals surface area contributed by atoms with Crippen molar-refractivity contribution in [2.45, 2.75) is 43.9 Å². The molecule has 2 aromatic rings.